The summed E-state index contributed by atoms with van der Waals surface area (Å²) in [6.45, 7) is -3.41. The Labute approximate surface area is 171 Å². The molecule has 162 valence electrons. The second-order valence-electron chi connectivity index (χ2n) is 5.94. The summed E-state index contributed by atoms with van der Waals surface area (Å²) in [5.41, 5.74) is -0.984. The van der Waals surface area contributed by atoms with E-state index in [1.54, 1.807) is 0 Å². The summed E-state index contributed by atoms with van der Waals surface area (Å²) in [5, 5.41) is -0.00792. The zero-order chi connectivity index (χ0) is 22.1. The molecule has 13 heteroatoms. The molecule has 0 radical (unpaired) electrons. The molecule has 0 fully saturated rings. The van der Waals surface area contributed by atoms with E-state index in [0.717, 1.165) is 12.0 Å². The number of halogens is 6. The van der Waals surface area contributed by atoms with Gasteiger partial charge in [0, 0.05) is 24.4 Å². The molecule has 0 saturated carbocycles. The maximum absolute atomic E-state index is 13.0. The van der Waals surface area contributed by atoms with Crippen molar-refractivity contribution in [1.29, 1.82) is 0 Å². The number of methoxy groups -OCH3 is 1. The number of rotatable bonds is 4. The minimum absolute atomic E-state index is 0.00792. The Kier molecular flexibility index (Phi) is 6.15. The smallest absolute Gasteiger partial charge is 0.418 e. The third-order valence-electron chi connectivity index (χ3n) is 4.18. The first kappa shape index (κ1) is 21.8. The van der Waals surface area contributed by atoms with Gasteiger partial charge in [0.05, 0.1) is 25.3 Å². The summed E-state index contributed by atoms with van der Waals surface area (Å²) in [4.78, 5) is 20.8. The molecule has 1 atom stereocenters. The van der Waals surface area contributed by atoms with E-state index in [4.69, 9.17) is 21.1 Å². The summed E-state index contributed by atoms with van der Waals surface area (Å²) >= 11 is 6.01. The summed E-state index contributed by atoms with van der Waals surface area (Å²) in [6, 6.07) is 0.897. The molecule has 0 spiro atoms. The predicted molar refractivity (Wildman–Crippen MR) is 92.9 cm³/mol. The van der Waals surface area contributed by atoms with Crippen LogP contribution in [0.5, 0.6) is 11.5 Å². The minimum Gasteiger partial charge on any atom is -0.490 e. The SMILES string of the molecule is COC(=O)N(c1ncc(C(F)(F)F)cc1OC(F)F)C1CCOc2c1ccnc2Cl. The van der Waals surface area contributed by atoms with E-state index < -0.39 is 42.1 Å². The van der Waals surface area contributed by atoms with Gasteiger partial charge in [0.2, 0.25) is 0 Å². The monoisotopic (exact) mass is 453 g/mol. The Balaban J connectivity index is 2.16. The van der Waals surface area contributed by atoms with Crippen LogP contribution < -0.4 is 14.4 Å². The van der Waals surface area contributed by atoms with Crippen molar-refractivity contribution in [3.63, 3.8) is 0 Å². The van der Waals surface area contributed by atoms with Crippen molar-refractivity contribution >= 4 is 23.5 Å². The van der Waals surface area contributed by atoms with Gasteiger partial charge in [0.1, 0.15) is 0 Å². The van der Waals surface area contributed by atoms with Crippen molar-refractivity contribution in [1.82, 2.24) is 9.97 Å². The average Bonchev–Trinajstić information content (AvgIpc) is 2.68. The van der Waals surface area contributed by atoms with E-state index in [1.165, 1.54) is 12.3 Å². The highest BCUT2D eigenvalue weighted by atomic mass is 35.5. The molecule has 0 saturated heterocycles. The van der Waals surface area contributed by atoms with Crippen LogP contribution >= 0.6 is 11.6 Å². The van der Waals surface area contributed by atoms with Gasteiger partial charge < -0.3 is 14.2 Å². The molecule has 3 heterocycles. The third-order valence-corrected chi connectivity index (χ3v) is 4.44. The lowest BCUT2D eigenvalue weighted by Crippen LogP contribution is -2.38. The van der Waals surface area contributed by atoms with Crippen molar-refractivity contribution in [2.75, 3.05) is 18.6 Å². The second-order valence-corrected chi connectivity index (χ2v) is 6.29. The molecule has 1 unspecified atom stereocenters. The van der Waals surface area contributed by atoms with E-state index in [1.807, 2.05) is 0 Å². The average molecular weight is 454 g/mol. The van der Waals surface area contributed by atoms with Crippen LogP contribution in [0.4, 0.5) is 32.6 Å². The molecule has 2 aromatic rings. The first-order valence-corrected chi connectivity index (χ1v) is 8.67. The summed E-state index contributed by atoms with van der Waals surface area (Å²) < 4.78 is 79.3. The van der Waals surface area contributed by atoms with Crippen molar-refractivity contribution in [2.24, 2.45) is 0 Å². The van der Waals surface area contributed by atoms with Gasteiger partial charge in [-0.15, -0.1) is 0 Å². The standard InChI is InChI=1S/C17H13ClF5N3O4/c1-28-16(27)26(10-3-5-29-12-9(10)2-4-24-13(12)18)14-11(30-15(19)20)6-8(7-25-14)17(21,22)23/h2,4,6-7,10,15H,3,5H2,1H3. The van der Waals surface area contributed by atoms with Crippen molar-refractivity contribution in [3.8, 4) is 11.5 Å². The minimum atomic E-state index is -4.87. The summed E-state index contributed by atoms with van der Waals surface area (Å²) in [5.74, 6) is -1.38. The number of anilines is 1. The van der Waals surface area contributed by atoms with Crippen LogP contribution in [0, 0.1) is 0 Å². The largest absolute Gasteiger partial charge is 0.490 e. The van der Waals surface area contributed by atoms with Crippen molar-refractivity contribution in [2.45, 2.75) is 25.3 Å². The number of pyridine rings is 2. The Morgan fingerprint density at radius 1 is 1.37 bits per heavy atom. The number of amides is 1. The fraction of sp³-hybridized carbons (Fsp3) is 0.353. The van der Waals surface area contributed by atoms with Gasteiger partial charge in [-0.1, -0.05) is 11.6 Å². The van der Waals surface area contributed by atoms with Crippen LogP contribution in [-0.2, 0) is 10.9 Å². The number of hydrogen-bond acceptors (Lipinski definition) is 6. The highest BCUT2D eigenvalue weighted by Gasteiger charge is 2.38. The van der Waals surface area contributed by atoms with Gasteiger partial charge in [0.15, 0.2) is 22.5 Å². The number of alkyl halides is 5. The topological polar surface area (TPSA) is 73.8 Å². The van der Waals surface area contributed by atoms with Crippen molar-refractivity contribution < 1.29 is 41.0 Å². The van der Waals surface area contributed by atoms with Gasteiger partial charge in [0.25, 0.3) is 0 Å². The first-order chi connectivity index (χ1) is 14.1. The van der Waals surface area contributed by atoms with Gasteiger partial charge >= 0.3 is 18.9 Å². The van der Waals surface area contributed by atoms with Gasteiger partial charge in [-0.3, -0.25) is 4.90 Å². The third kappa shape index (κ3) is 4.32. The number of carbonyl (C=O) groups is 1. The number of ether oxygens (including phenoxy) is 3. The molecule has 0 aromatic carbocycles. The van der Waals surface area contributed by atoms with E-state index in [-0.39, 0.29) is 23.9 Å². The molecule has 30 heavy (non-hydrogen) atoms. The molecule has 1 aliphatic rings. The van der Waals surface area contributed by atoms with E-state index >= 15 is 0 Å². The molecule has 1 aliphatic heterocycles. The fourth-order valence-corrected chi connectivity index (χ4v) is 3.17. The van der Waals surface area contributed by atoms with Crippen LogP contribution in [0.25, 0.3) is 0 Å². The van der Waals surface area contributed by atoms with Crippen LogP contribution in [-0.4, -0.2) is 36.4 Å². The number of aromatic nitrogens is 2. The normalized spacial score (nSPS) is 15.9. The summed E-state index contributed by atoms with van der Waals surface area (Å²) in [6.07, 6.45) is -4.06. The van der Waals surface area contributed by atoms with Gasteiger partial charge in [-0.05, 0) is 12.1 Å². The molecular weight excluding hydrogens is 441 g/mol. The number of carbonyl (C=O) groups excluding carboxylic acids is 1. The van der Waals surface area contributed by atoms with E-state index in [9.17, 15) is 26.7 Å². The lowest BCUT2D eigenvalue weighted by Gasteiger charge is -2.34. The summed E-state index contributed by atoms with van der Waals surface area (Å²) in [7, 11) is 1.02. The Bertz CT molecular complexity index is 944. The fourth-order valence-electron chi connectivity index (χ4n) is 2.95. The van der Waals surface area contributed by atoms with Crippen LogP contribution in [0.2, 0.25) is 5.15 Å². The number of fused-ring (bicyclic) bond motifs is 1. The van der Waals surface area contributed by atoms with Crippen LogP contribution in [0.1, 0.15) is 23.6 Å². The Morgan fingerprint density at radius 3 is 2.73 bits per heavy atom. The van der Waals surface area contributed by atoms with Crippen LogP contribution in [0.15, 0.2) is 24.5 Å². The maximum atomic E-state index is 13.0. The molecule has 0 aliphatic carbocycles. The van der Waals surface area contributed by atoms with E-state index in [2.05, 4.69) is 14.7 Å². The lowest BCUT2D eigenvalue weighted by molar-refractivity contribution is -0.138. The first-order valence-electron chi connectivity index (χ1n) is 8.30. The zero-order valence-corrected chi connectivity index (χ0v) is 15.9. The highest BCUT2D eigenvalue weighted by Crippen LogP contribution is 2.44. The number of hydrogen-bond donors (Lipinski definition) is 0. The number of nitrogens with zero attached hydrogens (tertiary/aromatic N) is 3. The van der Waals surface area contributed by atoms with Crippen LogP contribution in [0.3, 0.4) is 0 Å². The second kappa shape index (κ2) is 8.46. The van der Waals surface area contributed by atoms with E-state index in [0.29, 0.717) is 17.8 Å². The molecule has 2 aromatic heterocycles. The molecule has 7 nitrogen and oxygen atoms in total. The molecule has 0 N–H and O–H groups in total. The maximum Gasteiger partial charge on any atom is 0.418 e. The molecular formula is C17H13ClF5N3O4. The lowest BCUT2D eigenvalue weighted by atomic mass is 10.0. The molecule has 3 rings (SSSR count). The predicted octanol–water partition coefficient (Wildman–Crippen LogP) is 4.85. The van der Waals surface area contributed by atoms with Gasteiger partial charge in [-0.25, -0.2) is 14.8 Å². The molecule has 0 bridgehead atoms. The quantitative estimate of drug-likeness (QED) is 0.487. The Morgan fingerprint density at radius 2 is 2.10 bits per heavy atom. The molecule has 1 amide bonds. The van der Waals surface area contributed by atoms with Gasteiger partial charge in [-0.2, -0.15) is 22.0 Å². The van der Waals surface area contributed by atoms with Crippen molar-refractivity contribution in [3.05, 3.63) is 40.8 Å². The highest BCUT2D eigenvalue weighted by molar-refractivity contribution is 6.31. The zero-order valence-electron chi connectivity index (χ0n) is 15.1. The Hall–Kier alpha value is -2.89.